The number of benzene rings is 2. The first-order chi connectivity index (χ1) is 9.51. The average Bonchev–Trinajstić information content (AvgIpc) is 2.40. The minimum atomic E-state index is -1.59. The number of halogens is 2. The summed E-state index contributed by atoms with van der Waals surface area (Å²) in [4.78, 5) is 0.259. The highest BCUT2D eigenvalue weighted by Crippen LogP contribution is 2.21. The molecule has 0 aliphatic rings. The Morgan fingerprint density at radius 2 is 1.95 bits per heavy atom. The Morgan fingerprint density at radius 1 is 1.20 bits per heavy atom. The van der Waals surface area contributed by atoms with Gasteiger partial charge in [-0.25, -0.2) is 8.78 Å². The molecule has 0 aromatic heterocycles. The number of nitrogens with two attached hydrogens (primary N) is 1. The molecule has 1 atom stereocenters. The zero-order valence-electron chi connectivity index (χ0n) is 10.3. The fourth-order valence-electron chi connectivity index (χ4n) is 1.68. The Labute approximate surface area is 117 Å². The standard InChI is InChI=1S/C14H10F2N2OS/c15-11-3-4-14(13(18)6-11)20(19)8-10-2-1-9(7-17)5-12(10)16/h1-6H,8,18H2. The van der Waals surface area contributed by atoms with Crippen molar-refractivity contribution in [3.8, 4) is 6.07 Å². The lowest BCUT2D eigenvalue weighted by molar-refractivity contribution is 0.614. The second-order valence-corrected chi connectivity index (χ2v) is 5.51. The number of hydrogen-bond acceptors (Lipinski definition) is 3. The summed E-state index contributed by atoms with van der Waals surface area (Å²) in [5, 5.41) is 8.65. The highest BCUT2D eigenvalue weighted by atomic mass is 32.2. The van der Waals surface area contributed by atoms with Crippen LogP contribution in [0.25, 0.3) is 0 Å². The molecule has 0 aliphatic carbocycles. The second-order valence-electron chi connectivity index (χ2n) is 4.09. The van der Waals surface area contributed by atoms with Crippen LogP contribution in [0, 0.1) is 23.0 Å². The molecule has 2 rings (SSSR count). The zero-order chi connectivity index (χ0) is 14.7. The summed E-state index contributed by atoms with van der Waals surface area (Å²) in [5.74, 6) is -1.21. The largest absolute Gasteiger partial charge is 0.398 e. The summed E-state index contributed by atoms with van der Waals surface area (Å²) in [6, 6.07) is 9.30. The van der Waals surface area contributed by atoms with Gasteiger partial charge in [0.15, 0.2) is 0 Å². The predicted octanol–water partition coefficient (Wildman–Crippen LogP) is 2.73. The van der Waals surface area contributed by atoms with E-state index in [1.54, 1.807) is 0 Å². The van der Waals surface area contributed by atoms with E-state index in [9.17, 15) is 13.0 Å². The van der Waals surface area contributed by atoms with Gasteiger partial charge in [0.05, 0.1) is 38.8 Å². The Bertz CT molecular complexity index is 726. The molecule has 0 heterocycles. The number of hydrogen-bond donors (Lipinski definition) is 1. The van der Waals surface area contributed by atoms with Gasteiger partial charge in [0.1, 0.15) is 11.6 Å². The molecule has 2 N–H and O–H groups in total. The van der Waals surface area contributed by atoms with E-state index in [0.29, 0.717) is 0 Å². The molecule has 0 spiro atoms. The minimum Gasteiger partial charge on any atom is -0.398 e. The van der Waals surface area contributed by atoms with Gasteiger partial charge in [0.25, 0.3) is 0 Å². The van der Waals surface area contributed by atoms with E-state index < -0.39 is 22.4 Å². The van der Waals surface area contributed by atoms with Crippen LogP contribution in [0.3, 0.4) is 0 Å². The van der Waals surface area contributed by atoms with Gasteiger partial charge >= 0.3 is 0 Å². The van der Waals surface area contributed by atoms with E-state index in [1.165, 1.54) is 18.2 Å². The van der Waals surface area contributed by atoms with Gasteiger partial charge < -0.3 is 5.73 Å². The number of nitrogen functional groups attached to an aromatic ring is 1. The summed E-state index contributed by atoms with van der Waals surface area (Å²) < 4.78 is 38.7. The number of rotatable bonds is 3. The molecule has 20 heavy (non-hydrogen) atoms. The lowest BCUT2D eigenvalue weighted by atomic mass is 10.1. The summed E-state index contributed by atoms with van der Waals surface area (Å²) >= 11 is 0. The fourth-order valence-corrected chi connectivity index (χ4v) is 2.89. The summed E-state index contributed by atoms with van der Waals surface area (Å²) in [7, 11) is -1.59. The third kappa shape index (κ3) is 3.00. The maximum atomic E-state index is 13.7. The third-order valence-corrected chi connectivity index (χ3v) is 4.12. The molecule has 0 bridgehead atoms. The minimum absolute atomic E-state index is 0.0670. The maximum absolute atomic E-state index is 13.7. The van der Waals surface area contributed by atoms with Crippen LogP contribution in [-0.2, 0) is 16.6 Å². The van der Waals surface area contributed by atoms with Crippen molar-refractivity contribution in [2.75, 3.05) is 5.73 Å². The van der Waals surface area contributed by atoms with E-state index >= 15 is 0 Å². The third-order valence-electron chi connectivity index (χ3n) is 2.69. The van der Waals surface area contributed by atoms with E-state index in [-0.39, 0.29) is 27.5 Å². The number of anilines is 1. The molecule has 3 nitrogen and oxygen atoms in total. The normalized spacial score (nSPS) is 11.8. The van der Waals surface area contributed by atoms with Crippen molar-refractivity contribution in [2.24, 2.45) is 0 Å². The van der Waals surface area contributed by atoms with Crippen LogP contribution < -0.4 is 5.73 Å². The first-order valence-corrected chi connectivity index (χ1v) is 6.95. The van der Waals surface area contributed by atoms with Crippen LogP contribution >= 0.6 is 0 Å². The van der Waals surface area contributed by atoms with Crippen molar-refractivity contribution in [3.63, 3.8) is 0 Å². The molecule has 0 radical (unpaired) electrons. The predicted molar refractivity (Wildman–Crippen MR) is 72.0 cm³/mol. The lowest BCUT2D eigenvalue weighted by Gasteiger charge is -2.07. The Balaban J connectivity index is 2.26. The summed E-state index contributed by atoms with van der Waals surface area (Å²) in [6.07, 6.45) is 0. The van der Waals surface area contributed by atoms with Crippen molar-refractivity contribution in [3.05, 3.63) is 59.2 Å². The Morgan fingerprint density at radius 3 is 2.55 bits per heavy atom. The molecule has 0 aliphatic heterocycles. The first kappa shape index (κ1) is 14.2. The van der Waals surface area contributed by atoms with Gasteiger partial charge in [0, 0.05) is 5.56 Å². The number of nitrogens with zero attached hydrogens (tertiary/aromatic N) is 1. The molecule has 6 heteroatoms. The van der Waals surface area contributed by atoms with Gasteiger partial charge in [0.2, 0.25) is 0 Å². The highest BCUT2D eigenvalue weighted by Gasteiger charge is 2.12. The van der Waals surface area contributed by atoms with Crippen LogP contribution in [0.2, 0.25) is 0 Å². The van der Waals surface area contributed by atoms with Gasteiger partial charge in [-0.15, -0.1) is 0 Å². The highest BCUT2D eigenvalue weighted by molar-refractivity contribution is 7.84. The van der Waals surface area contributed by atoms with Crippen molar-refractivity contribution in [1.29, 1.82) is 5.26 Å². The van der Waals surface area contributed by atoms with Crippen LogP contribution in [0.15, 0.2) is 41.3 Å². The van der Waals surface area contributed by atoms with Crippen molar-refractivity contribution in [1.82, 2.24) is 0 Å². The number of nitriles is 1. The van der Waals surface area contributed by atoms with Gasteiger partial charge in [-0.1, -0.05) is 6.07 Å². The molecule has 2 aromatic rings. The van der Waals surface area contributed by atoms with Gasteiger partial charge in [-0.3, -0.25) is 4.21 Å². The monoisotopic (exact) mass is 292 g/mol. The van der Waals surface area contributed by atoms with E-state index in [4.69, 9.17) is 11.0 Å². The molecular weight excluding hydrogens is 282 g/mol. The second kappa shape index (κ2) is 5.80. The SMILES string of the molecule is N#Cc1ccc(CS(=O)c2ccc(F)cc2N)c(F)c1. The smallest absolute Gasteiger partial charge is 0.128 e. The summed E-state index contributed by atoms with van der Waals surface area (Å²) in [6.45, 7) is 0. The maximum Gasteiger partial charge on any atom is 0.128 e. The Hall–Kier alpha value is -2.26. The molecular formula is C14H10F2N2OS. The fraction of sp³-hybridized carbons (Fsp3) is 0.0714. The molecule has 0 saturated heterocycles. The van der Waals surface area contributed by atoms with Crippen molar-refractivity contribution < 1.29 is 13.0 Å². The quantitative estimate of drug-likeness (QED) is 0.884. The summed E-state index contributed by atoms with van der Waals surface area (Å²) in [5.41, 5.74) is 6.06. The first-order valence-electron chi connectivity index (χ1n) is 5.63. The van der Waals surface area contributed by atoms with Crippen LogP contribution in [-0.4, -0.2) is 4.21 Å². The Kier molecular flexibility index (Phi) is 4.11. The van der Waals surface area contributed by atoms with E-state index in [0.717, 1.165) is 18.2 Å². The molecule has 1 unspecified atom stereocenters. The van der Waals surface area contributed by atoms with Crippen LogP contribution in [0.5, 0.6) is 0 Å². The van der Waals surface area contributed by atoms with Gasteiger partial charge in [-0.05, 0) is 30.3 Å². The zero-order valence-corrected chi connectivity index (χ0v) is 11.1. The molecule has 0 saturated carbocycles. The molecule has 2 aromatic carbocycles. The van der Waals surface area contributed by atoms with E-state index in [2.05, 4.69) is 0 Å². The topological polar surface area (TPSA) is 66.9 Å². The lowest BCUT2D eigenvalue weighted by Crippen LogP contribution is -2.03. The van der Waals surface area contributed by atoms with Crippen LogP contribution in [0.4, 0.5) is 14.5 Å². The van der Waals surface area contributed by atoms with Gasteiger partial charge in [-0.2, -0.15) is 5.26 Å². The van der Waals surface area contributed by atoms with Crippen molar-refractivity contribution >= 4 is 16.5 Å². The molecule has 102 valence electrons. The van der Waals surface area contributed by atoms with Crippen LogP contribution in [0.1, 0.15) is 11.1 Å². The van der Waals surface area contributed by atoms with Crippen molar-refractivity contribution in [2.45, 2.75) is 10.6 Å². The molecule has 0 amide bonds. The van der Waals surface area contributed by atoms with E-state index in [1.807, 2.05) is 6.07 Å². The molecule has 0 fully saturated rings. The average molecular weight is 292 g/mol.